The van der Waals surface area contributed by atoms with Crippen LogP contribution in [-0.4, -0.2) is 23.1 Å². The van der Waals surface area contributed by atoms with E-state index in [0.717, 1.165) is 0 Å². The molecule has 0 radical (unpaired) electrons. The van der Waals surface area contributed by atoms with Gasteiger partial charge in [-0.05, 0) is 12.1 Å². The van der Waals surface area contributed by atoms with E-state index in [9.17, 15) is 14.9 Å². The lowest BCUT2D eigenvalue weighted by Crippen LogP contribution is -2.12. The largest absolute Gasteiger partial charge is 0.496 e. The number of nitro groups is 1. The highest BCUT2D eigenvalue weighted by molar-refractivity contribution is 6.03. The van der Waals surface area contributed by atoms with E-state index in [2.05, 4.69) is 15.0 Å². The van der Waals surface area contributed by atoms with E-state index in [1.807, 2.05) is 0 Å². The smallest absolute Gasteiger partial charge is 0.296 e. The molecular formula is C11H9N3O5. The van der Waals surface area contributed by atoms with Gasteiger partial charge in [0.25, 0.3) is 11.6 Å². The molecule has 0 bridgehead atoms. The zero-order valence-corrected chi connectivity index (χ0v) is 9.82. The molecule has 0 unspecified atom stereocenters. The number of rotatable bonds is 4. The quantitative estimate of drug-likeness (QED) is 0.666. The third kappa shape index (κ3) is 2.68. The van der Waals surface area contributed by atoms with Crippen LogP contribution in [0.15, 0.2) is 35.0 Å². The minimum Gasteiger partial charge on any atom is -0.496 e. The lowest BCUT2D eigenvalue weighted by atomic mass is 10.2. The number of carbonyl (C=O) groups excluding carboxylic acids is 1. The number of anilines is 1. The summed E-state index contributed by atoms with van der Waals surface area (Å²) in [7, 11) is 1.39. The van der Waals surface area contributed by atoms with Gasteiger partial charge in [-0.3, -0.25) is 14.9 Å². The average molecular weight is 263 g/mol. The van der Waals surface area contributed by atoms with Crippen LogP contribution in [0.1, 0.15) is 10.6 Å². The number of amides is 1. The Kier molecular flexibility index (Phi) is 3.42. The summed E-state index contributed by atoms with van der Waals surface area (Å²) in [6, 6.07) is 5.45. The third-order valence-corrected chi connectivity index (χ3v) is 2.31. The molecule has 0 aliphatic heterocycles. The first-order valence-electron chi connectivity index (χ1n) is 5.16. The fraction of sp³-hybridized carbons (Fsp3) is 0.0909. The van der Waals surface area contributed by atoms with E-state index < -0.39 is 10.8 Å². The summed E-state index contributed by atoms with van der Waals surface area (Å²) < 4.78 is 9.55. The van der Waals surface area contributed by atoms with E-state index in [1.54, 1.807) is 0 Å². The van der Waals surface area contributed by atoms with Crippen molar-refractivity contribution >= 4 is 17.3 Å². The number of hydrogen-bond acceptors (Lipinski definition) is 6. The summed E-state index contributed by atoms with van der Waals surface area (Å²) in [5, 5.41) is 16.7. The highest BCUT2D eigenvalue weighted by Crippen LogP contribution is 2.29. The molecule has 2 aromatic rings. The number of methoxy groups -OCH3 is 1. The van der Waals surface area contributed by atoms with Gasteiger partial charge < -0.3 is 14.6 Å². The standard InChI is InChI=1S/C11H9N3O5/c1-18-7-2-3-8(9(6-7)14(16)17)13-11(15)10-4-5-12-19-10/h2-6H,1H3,(H,13,15). The summed E-state index contributed by atoms with van der Waals surface area (Å²) >= 11 is 0. The predicted molar refractivity (Wildman–Crippen MR) is 64.1 cm³/mol. The molecule has 8 heteroatoms. The molecule has 8 nitrogen and oxygen atoms in total. The van der Waals surface area contributed by atoms with E-state index in [1.165, 1.54) is 37.6 Å². The summed E-state index contributed by atoms with van der Waals surface area (Å²) in [6.45, 7) is 0. The maximum Gasteiger partial charge on any atom is 0.296 e. The molecule has 1 N–H and O–H groups in total. The van der Waals surface area contributed by atoms with Crippen molar-refractivity contribution in [2.75, 3.05) is 12.4 Å². The molecule has 1 aromatic carbocycles. The summed E-state index contributed by atoms with van der Waals surface area (Å²) in [4.78, 5) is 22.0. The fourth-order valence-corrected chi connectivity index (χ4v) is 1.41. The predicted octanol–water partition coefficient (Wildman–Crippen LogP) is 1.84. The molecule has 0 fully saturated rings. The Morgan fingerprint density at radius 3 is 2.84 bits per heavy atom. The van der Waals surface area contributed by atoms with Crippen molar-refractivity contribution in [1.82, 2.24) is 5.16 Å². The molecule has 1 aromatic heterocycles. The zero-order chi connectivity index (χ0) is 13.8. The number of hydrogen-bond donors (Lipinski definition) is 1. The number of ether oxygens (including phenoxy) is 1. The van der Waals surface area contributed by atoms with Crippen molar-refractivity contribution in [3.05, 3.63) is 46.3 Å². The van der Waals surface area contributed by atoms with Gasteiger partial charge in [-0.25, -0.2) is 0 Å². The van der Waals surface area contributed by atoms with Crippen molar-refractivity contribution in [2.24, 2.45) is 0 Å². The van der Waals surface area contributed by atoms with Crippen LogP contribution in [0.25, 0.3) is 0 Å². The van der Waals surface area contributed by atoms with Crippen LogP contribution in [0.3, 0.4) is 0 Å². The van der Waals surface area contributed by atoms with Gasteiger partial charge in [-0.2, -0.15) is 0 Å². The first-order chi connectivity index (χ1) is 9.11. The van der Waals surface area contributed by atoms with Crippen LogP contribution < -0.4 is 10.1 Å². The molecule has 0 saturated carbocycles. The second-order valence-electron chi connectivity index (χ2n) is 3.47. The highest BCUT2D eigenvalue weighted by Gasteiger charge is 2.19. The van der Waals surface area contributed by atoms with Crippen molar-refractivity contribution in [2.45, 2.75) is 0 Å². The van der Waals surface area contributed by atoms with Gasteiger partial charge in [0.05, 0.1) is 24.3 Å². The second kappa shape index (κ2) is 5.17. The minimum atomic E-state index is -0.620. The molecule has 19 heavy (non-hydrogen) atoms. The van der Waals surface area contributed by atoms with Crippen LogP contribution in [-0.2, 0) is 0 Å². The summed E-state index contributed by atoms with van der Waals surface area (Å²) in [6.07, 6.45) is 1.30. The van der Waals surface area contributed by atoms with Crippen molar-refractivity contribution in [3.8, 4) is 5.75 Å². The fourth-order valence-electron chi connectivity index (χ4n) is 1.41. The summed E-state index contributed by atoms with van der Waals surface area (Å²) in [5.41, 5.74) is -0.223. The van der Waals surface area contributed by atoms with Gasteiger partial charge in [0.2, 0.25) is 5.76 Å². The minimum absolute atomic E-state index is 0.0369. The van der Waals surface area contributed by atoms with E-state index in [4.69, 9.17) is 4.74 Å². The lowest BCUT2D eigenvalue weighted by Gasteiger charge is -2.05. The van der Waals surface area contributed by atoms with Gasteiger partial charge in [-0.15, -0.1) is 0 Å². The molecule has 1 heterocycles. The molecule has 0 saturated heterocycles. The molecule has 1 amide bonds. The topological polar surface area (TPSA) is 108 Å². The van der Waals surface area contributed by atoms with Crippen LogP contribution in [0, 0.1) is 10.1 Å². The van der Waals surface area contributed by atoms with Gasteiger partial charge in [-0.1, -0.05) is 5.16 Å². The van der Waals surface area contributed by atoms with Crippen molar-refractivity contribution < 1.29 is 19.0 Å². The van der Waals surface area contributed by atoms with E-state index >= 15 is 0 Å². The lowest BCUT2D eigenvalue weighted by molar-refractivity contribution is -0.384. The summed E-state index contributed by atoms with van der Waals surface area (Å²) in [5.74, 6) is -0.333. The van der Waals surface area contributed by atoms with Crippen molar-refractivity contribution in [3.63, 3.8) is 0 Å². The number of carbonyl (C=O) groups is 1. The molecule has 0 spiro atoms. The molecular weight excluding hydrogens is 254 g/mol. The van der Waals surface area contributed by atoms with Crippen LogP contribution in [0.5, 0.6) is 5.75 Å². The normalized spacial score (nSPS) is 9.95. The molecule has 2 rings (SSSR count). The number of nitro benzene ring substituents is 1. The van der Waals surface area contributed by atoms with Crippen LogP contribution in [0.4, 0.5) is 11.4 Å². The van der Waals surface area contributed by atoms with Gasteiger partial charge >= 0.3 is 0 Å². The number of benzene rings is 1. The van der Waals surface area contributed by atoms with Gasteiger partial charge in [0.1, 0.15) is 11.4 Å². The average Bonchev–Trinajstić information content (AvgIpc) is 2.92. The Labute approximate surface area is 107 Å². The Hall–Kier alpha value is -2.90. The van der Waals surface area contributed by atoms with Crippen LogP contribution in [0.2, 0.25) is 0 Å². The molecule has 0 aliphatic carbocycles. The zero-order valence-electron chi connectivity index (χ0n) is 9.82. The van der Waals surface area contributed by atoms with E-state index in [-0.39, 0.29) is 17.1 Å². The third-order valence-electron chi connectivity index (χ3n) is 2.31. The van der Waals surface area contributed by atoms with Gasteiger partial charge in [0, 0.05) is 6.07 Å². The Morgan fingerprint density at radius 2 is 2.26 bits per heavy atom. The number of nitrogens with zero attached hydrogens (tertiary/aromatic N) is 2. The first-order valence-corrected chi connectivity index (χ1v) is 5.16. The Bertz CT molecular complexity index is 609. The van der Waals surface area contributed by atoms with E-state index in [0.29, 0.717) is 5.75 Å². The second-order valence-corrected chi connectivity index (χ2v) is 3.47. The number of aromatic nitrogens is 1. The molecule has 0 aliphatic rings. The maximum absolute atomic E-state index is 11.7. The number of nitrogens with one attached hydrogen (secondary N) is 1. The SMILES string of the molecule is COc1ccc(NC(=O)c2ccno2)c([N+](=O)[O-])c1. The first kappa shape index (κ1) is 12.6. The van der Waals surface area contributed by atoms with Crippen LogP contribution >= 0.6 is 0 Å². The highest BCUT2D eigenvalue weighted by atomic mass is 16.6. The molecule has 98 valence electrons. The van der Waals surface area contributed by atoms with Crippen molar-refractivity contribution in [1.29, 1.82) is 0 Å². The maximum atomic E-state index is 11.7. The molecule has 0 atom stereocenters. The Morgan fingerprint density at radius 1 is 1.47 bits per heavy atom. The van der Waals surface area contributed by atoms with Gasteiger partial charge in [0.15, 0.2) is 0 Å². The monoisotopic (exact) mass is 263 g/mol. The Balaban J connectivity index is 2.29.